The second-order valence-corrected chi connectivity index (χ2v) is 6.93. The summed E-state index contributed by atoms with van der Waals surface area (Å²) in [4.78, 5) is 17.7. The number of likely N-dealkylation sites (N-methyl/N-ethyl adjacent to an activating group) is 1. The number of aromatic amines is 1. The Kier molecular flexibility index (Phi) is 5.79. The summed E-state index contributed by atoms with van der Waals surface area (Å²) in [7, 11) is 1.82. The highest BCUT2D eigenvalue weighted by Gasteiger charge is 2.15. The van der Waals surface area contributed by atoms with E-state index in [1.54, 1.807) is 17.0 Å². The van der Waals surface area contributed by atoms with E-state index < -0.39 is 0 Å². The Morgan fingerprint density at radius 2 is 1.89 bits per heavy atom. The quantitative estimate of drug-likeness (QED) is 0.629. The number of fused-ring (bicyclic) bond motifs is 1. The molecule has 0 radical (unpaired) electrons. The van der Waals surface area contributed by atoms with Crippen LogP contribution in [0.1, 0.15) is 23.2 Å². The molecule has 1 amide bonds. The fourth-order valence-electron chi connectivity index (χ4n) is 3.16. The van der Waals surface area contributed by atoms with Gasteiger partial charge in [-0.2, -0.15) is 0 Å². The van der Waals surface area contributed by atoms with Gasteiger partial charge < -0.3 is 14.6 Å². The minimum Gasteiger partial charge on any atom is -0.494 e. The van der Waals surface area contributed by atoms with E-state index in [4.69, 9.17) is 4.74 Å². The Morgan fingerprint density at radius 3 is 2.63 bits per heavy atom. The summed E-state index contributed by atoms with van der Waals surface area (Å²) in [6, 6.07) is 12.2. The molecule has 0 saturated heterocycles. The maximum Gasteiger partial charge on any atom is 0.226 e. The fourth-order valence-corrected chi connectivity index (χ4v) is 3.16. The molecule has 0 fully saturated rings. The Morgan fingerprint density at radius 1 is 1.15 bits per heavy atom. The number of nitrogens with one attached hydrogen (secondary N) is 1. The lowest BCUT2D eigenvalue weighted by Gasteiger charge is -2.17. The number of benzene rings is 2. The number of aryl methyl sites for hydroxylation is 2. The second kappa shape index (κ2) is 8.25. The van der Waals surface area contributed by atoms with E-state index >= 15 is 0 Å². The summed E-state index contributed by atoms with van der Waals surface area (Å²) in [6.45, 7) is 5.16. The number of hydrogen-bond acceptors (Lipinski definition) is 2. The molecule has 142 valence electrons. The van der Waals surface area contributed by atoms with E-state index in [9.17, 15) is 9.18 Å². The average molecular weight is 368 g/mol. The normalized spacial score (nSPS) is 11.0. The van der Waals surface area contributed by atoms with Crippen LogP contribution in [0.3, 0.4) is 0 Å². The van der Waals surface area contributed by atoms with Crippen molar-refractivity contribution in [2.75, 3.05) is 20.2 Å². The molecule has 2 aromatic carbocycles. The van der Waals surface area contributed by atoms with Crippen LogP contribution in [0.15, 0.2) is 42.5 Å². The van der Waals surface area contributed by atoms with Gasteiger partial charge >= 0.3 is 0 Å². The van der Waals surface area contributed by atoms with E-state index in [-0.39, 0.29) is 11.7 Å². The minimum absolute atomic E-state index is 0.0855. The van der Waals surface area contributed by atoms with Crippen molar-refractivity contribution >= 4 is 16.8 Å². The Labute approximate surface area is 158 Å². The summed E-state index contributed by atoms with van der Waals surface area (Å²) in [6.07, 6.45) is 1.09. The molecule has 1 aromatic heterocycles. The van der Waals surface area contributed by atoms with Crippen LogP contribution in [0, 0.1) is 19.7 Å². The predicted octanol–water partition coefficient (Wildman–Crippen LogP) is 4.39. The number of carbonyl (C=O) groups excluding carboxylic acids is 1. The molecule has 0 aliphatic rings. The highest BCUT2D eigenvalue weighted by atomic mass is 19.1. The van der Waals surface area contributed by atoms with Crippen LogP contribution in [-0.2, 0) is 11.2 Å². The third-order valence-corrected chi connectivity index (χ3v) is 4.75. The Hall–Kier alpha value is -2.82. The minimum atomic E-state index is -0.282. The van der Waals surface area contributed by atoms with Gasteiger partial charge in [0.25, 0.3) is 0 Å². The first kappa shape index (κ1) is 19.0. The molecular weight excluding hydrogens is 343 g/mol. The van der Waals surface area contributed by atoms with Crippen LogP contribution >= 0.6 is 0 Å². The standard InChI is InChI=1S/C22H25FN2O2/c1-15-5-10-21-20(13-15)19(16(2)24-21)14-22(26)25(3)11-4-12-27-18-8-6-17(23)7-9-18/h5-10,13,24H,4,11-12,14H2,1-3H3. The lowest BCUT2D eigenvalue weighted by atomic mass is 10.1. The van der Waals surface area contributed by atoms with Crippen molar-refractivity contribution in [3.8, 4) is 5.75 Å². The van der Waals surface area contributed by atoms with E-state index in [1.807, 2.05) is 14.0 Å². The maximum atomic E-state index is 12.9. The summed E-state index contributed by atoms with van der Waals surface area (Å²) in [5.41, 5.74) is 4.35. The molecule has 0 aliphatic heterocycles. The summed E-state index contributed by atoms with van der Waals surface area (Å²) in [5, 5.41) is 1.12. The predicted molar refractivity (Wildman–Crippen MR) is 106 cm³/mol. The van der Waals surface area contributed by atoms with Crippen LogP contribution in [0.4, 0.5) is 4.39 Å². The largest absolute Gasteiger partial charge is 0.494 e. The SMILES string of the molecule is Cc1ccc2[nH]c(C)c(CC(=O)N(C)CCCOc3ccc(F)cc3)c2c1. The molecule has 0 aliphatic carbocycles. The monoisotopic (exact) mass is 368 g/mol. The van der Waals surface area contributed by atoms with Crippen molar-refractivity contribution in [1.29, 1.82) is 0 Å². The van der Waals surface area contributed by atoms with Crippen LogP contribution < -0.4 is 4.74 Å². The van der Waals surface area contributed by atoms with E-state index in [1.165, 1.54) is 17.7 Å². The molecule has 0 spiro atoms. The molecule has 27 heavy (non-hydrogen) atoms. The van der Waals surface area contributed by atoms with Crippen LogP contribution in [-0.4, -0.2) is 36.0 Å². The second-order valence-electron chi connectivity index (χ2n) is 6.93. The topological polar surface area (TPSA) is 45.3 Å². The third-order valence-electron chi connectivity index (χ3n) is 4.75. The molecule has 0 unspecified atom stereocenters. The Balaban J connectivity index is 1.53. The third kappa shape index (κ3) is 4.67. The zero-order chi connectivity index (χ0) is 19.4. The first-order chi connectivity index (χ1) is 12.9. The van der Waals surface area contributed by atoms with Gasteiger partial charge in [-0.3, -0.25) is 4.79 Å². The lowest BCUT2D eigenvalue weighted by molar-refractivity contribution is -0.129. The number of ether oxygens (including phenoxy) is 1. The number of nitrogens with zero attached hydrogens (tertiary/aromatic N) is 1. The highest BCUT2D eigenvalue weighted by Crippen LogP contribution is 2.24. The van der Waals surface area contributed by atoms with Gasteiger partial charge in [-0.15, -0.1) is 0 Å². The number of aromatic nitrogens is 1. The van der Waals surface area contributed by atoms with Gasteiger partial charge in [0.05, 0.1) is 13.0 Å². The number of amides is 1. The molecule has 4 nitrogen and oxygen atoms in total. The molecular formula is C22H25FN2O2. The van der Waals surface area contributed by atoms with Crippen molar-refractivity contribution < 1.29 is 13.9 Å². The average Bonchev–Trinajstić information content (AvgIpc) is 2.95. The van der Waals surface area contributed by atoms with Gasteiger partial charge in [0.2, 0.25) is 5.91 Å². The van der Waals surface area contributed by atoms with Gasteiger partial charge in [0.1, 0.15) is 11.6 Å². The number of carbonyl (C=O) groups is 1. The molecule has 1 N–H and O–H groups in total. The van der Waals surface area contributed by atoms with Gasteiger partial charge in [0.15, 0.2) is 0 Å². The smallest absolute Gasteiger partial charge is 0.226 e. The van der Waals surface area contributed by atoms with Crippen molar-refractivity contribution in [3.05, 3.63) is 65.1 Å². The zero-order valence-electron chi connectivity index (χ0n) is 16.0. The highest BCUT2D eigenvalue weighted by molar-refractivity contribution is 5.90. The molecule has 3 aromatic rings. The lowest BCUT2D eigenvalue weighted by Crippen LogP contribution is -2.30. The van der Waals surface area contributed by atoms with Gasteiger partial charge in [0, 0.05) is 30.2 Å². The fraction of sp³-hybridized carbons (Fsp3) is 0.318. The van der Waals surface area contributed by atoms with Gasteiger partial charge in [-0.1, -0.05) is 11.6 Å². The van der Waals surface area contributed by atoms with Crippen molar-refractivity contribution in [2.24, 2.45) is 0 Å². The number of rotatable bonds is 7. The van der Waals surface area contributed by atoms with Crippen molar-refractivity contribution in [1.82, 2.24) is 9.88 Å². The maximum absolute atomic E-state index is 12.9. The zero-order valence-corrected chi connectivity index (χ0v) is 16.0. The molecule has 0 atom stereocenters. The van der Waals surface area contributed by atoms with Crippen LogP contribution in [0.5, 0.6) is 5.75 Å². The van der Waals surface area contributed by atoms with Crippen LogP contribution in [0.25, 0.3) is 10.9 Å². The molecule has 3 rings (SSSR count). The number of hydrogen-bond donors (Lipinski definition) is 1. The first-order valence-electron chi connectivity index (χ1n) is 9.14. The first-order valence-corrected chi connectivity index (χ1v) is 9.14. The van der Waals surface area contributed by atoms with Gasteiger partial charge in [-0.05, 0) is 62.2 Å². The van der Waals surface area contributed by atoms with E-state index in [0.29, 0.717) is 31.7 Å². The number of H-pyrrole nitrogens is 1. The van der Waals surface area contributed by atoms with Gasteiger partial charge in [-0.25, -0.2) is 4.39 Å². The molecule has 0 bridgehead atoms. The molecule has 0 saturated carbocycles. The van der Waals surface area contributed by atoms with E-state index in [0.717, 1.165) is 22.2 Å². The summed E-state index contributed by atoms with van der Waals surface area (Å²) < 4.78 is 18.4. The molecule has 5 heteroatoms. The van der Waals surface area contributed by atoms with Crippen molar-refractivity contribution in [3.63, 3.8) is 0 Å². The summed E-state index contributed by atoms with van der Waals surface area (Å²) in [5.74, 6) is 0.438. The number of halogens is 1. The summed E-state index contributed by atoms with van der Waals surface area (Å²) >= 11 is 0. The van der Waals surface area contributed by atoms with E-state index in [2.05, 4.69) is 30.1 Å². The molecule has 1 heterocycles. The Bertz CT molecular complexity index is 931. The van der Waals surface area contributed by atoms with Crippen LogP contribution in [0.2, 0.25) is 0 Å². The van der Waals surface area contributed by atoms with Crippen molar-refractivity contribution in [2.45, 2.75) is 26.7 Å².